The van der Waals surface area contributed by atoms with Gasteiger partial charge in [0, 0.05) is 12.5 Å². The molecule has 1 aromatic rings. The summed E-state index contributed by atoms with van der Waals surface area (Å²) in [5.74, 6) is 2.33. The molecule has 0 saturated carbocycles. The van der Waals surface area contributed by atoms with E-state index in [1.807, 2.05) is 24.3 Å². The van der Waals surface area contributed by atoms with E-state index in [0.717, 1.165) is 57.4 Å². The number of rotatable bonds is 7. The topological polar surface area (TPSA) is 40.2 Å². The van der Waals surface area contributed by atoms with Crippen LogP contribution in [0.4, 0.5) is 0 Å². The first-order chi connectivity index (χ1) is 11.3. The number of likely N-dealkylation sites (tertiary alicyclic amines) is 1. The van der Waals surface area contributed by atoms with Gasteiger partial charge >= 0.3 is 0 Å². The van der Waals surface area contributed by atoms with Crippen molar-refractivity contribution in [2.75, 3.05) is 46.6 Å². The molecule has 2 fully saturated rings. The summed E-state index contributed by atoms with van der Waals surface area (Å²) in [6, 6.07) is 7.75. The Morgan fingerprint density at radius 1 is 1.04 bits per heavy atom. The van der Waals surface area contributed by atoms with Crippen LogP contribution >= 0.6 is 0 Å². The van der Waals surface area contributed by atoms with E-state index in [0.29, 0.717) is 5.92 Å². The second-order valence-corrected chi connectivity index (χ2v) is 6.17. The van der Waals surface area contributed by atoms with Crippen molar-refractivity contribution in [1.29, 1.82) is 0 Å². The predicted molar refractivity (Wildman–Crippen MR) is 88.0 cm³/mol. The normalized spacial score (nSPS) is 20.7. The fourth-order valence-electron chi connectivity index (χ4n) is 3.25. The molecule has 3 rings (SSSR count). The summed E-state index contributed by atoms with van der Waals surface area (Å²) in [6.45, 7) is 5.63. The van der Waals surface area contributed by atoms with Gasteiger partial charge in [0.25, 0.3) is 0 Å². The number of ether oxygens (including phenoxy) is 4. The number of piperidine rings is 1. The Balaban J connectivity index is 1.29. The molecule has 0 aromatic heterocycles. The van der Waals surface area contributed by atoms with Crippen molar-refractivity contribution in [1.82, 2.24) is 4.90 Å². The minimum atomic E-state index is 0.0514. The molecule has 0 amide bonds. The molecule has 0 spiro atoms. The molecule has 5 nitrogen and oxygen atoms in total. The first kappa shape index (κ1) is 16.6. The van der Waals surface area contributed by atoms with Gasteiger partial charge in [0.2, 0.25) is 0 Å². The Kier molecular flexibility index (Phi) is 6.13. The van der Waals surface area contributed by atoms with Gasteiger partial charge in [0.15, 0.2) is 6.29 Å². The number of hydrogen-bond acceptors (Lipinski definition) is 5. The Morgan fingerprint density at radius 3 is 2.35 bits per heavy atom. The standard InChI is InChI=1S/C18H27NO4/c1-20-16-3-5-17(6-4-16)21-12-2-9-19-10-7-15(8-11-19)18-22-13-14-23-18/h3-6,15,18H,2,7-14H2,1H3. The second kappa shape index (κ2) is 8.52. The fraction of sp³-hybridized carbons (Fsp3) is 0.667. The highest BCUT2D eigenvalue weighted by molar-refractivity contribution is 5.31. The van der Waals surface area contributed by atoms with Crippen LogP contribution in [0.25, 0.3) is 0 Å². The van der Waals surface area contributed by atoms with Crippen LogP contribution in [0.15, 0.2) is 24.3 Å². The summed E-state index contributed by atoms with van der Waals surface area (Å²) < 4.78 is 22.2. The Labute approximate surface area is 138 Å². The Bertz CT molecular complexity index is 451. The summed E-state index contributed by atoms with van der Waals surface area (Å²) in [4.78, 5) is 2.52. The molecule has 2 heterocycles. The van der Waals surface area contributed by atoms with Crippen LogP contribution in [0.5, 0.6) is 11.5 Å². The summed E-state index contributed by atoms with van der Waals surface area (Å²) in [5.41, 5.74) is 0. The van der Waals surface area contributed by atoms with Crippen molar-refractivity contribution < 1.29 is 18.9 Å². The monoisotopic (exact) mass is 321 g/mol. The highest BCUT2D eigenvalue weighted by atomic mass is 16.7. The third-order valence-electron chi connectivity index (χ3n) is 4.61. The lowest BCUT2D eigenvalue weighted by Crippen LogP contribution is -2.38. The van der Waals surface area contributed by atoms with Crippen LogP contribution < -0.4 is 9.47 Å². The Hall–Kier alpha value is -1.30. The van der Waals surface area contributed by atoms with Gasteiger partial charge in [-0.1, -0.05) is 0 Å². The van der Waals surface area contributed by atoms with E-state index >= 15 is 0 Å². The fourth-order valence-corrected chi connectivity index (χ4v) is 3.25. The first-order valence-electron chi connectivity index (χ1n) is 8.57. The van der Waals surface area contributed by atoms with Crippen LogP contribution in [0.3, 0.4) is 0 Å². The minimum Gasteiger partial charge on any atom is -0.497 e. The molecule has 5 heteroatoms. The van der Waals surface area contributed by atoms with Crippen LogP contribution in [0, 0.1) is 5.92 Å². The minimum absolute atomic E-state index is 0.0514. The average molecular weight is 321 g/mol. The van der Waals surface area contributed by atoms with E-state index in [2.05, 4.69) is 4.90 Å². The molecule has 0 bridgehead atoms. The average Bonchev–Trinajstić information content (AvgIpc) is 3.14. The van der Waals surface area contributed by atoms with Crippen molar-refractivity contribution in [2.24, 2.45) is 5.92 Å². The van der Waals surface area contributed by atoms with Crippen molar-refractivity contribution in [2.45, 2.75) is 25.6 Å². The summed E-state index contributed by atoms with van der Waals surface area (Å²) in [5, 5.41) is 0. The number of hydrogen-bond donors (Lipinski definition) is 0. The number of nitrogens with zero attached hydrogens (tertiary/aromatic N) is 1. The third-order valence-corrected chi connectivity index (χ3v) is 4.61. The summed E-state index contributed by atoms with van der Waals surface area (Å²) in [6.07, 6.45) is 3.44. The highest BCUT2D eigenvalue weighted by Crippen LogP contribution is 2.25. The molecule has 2 saturated heterocycles. The van der Waals surface area contributed by atoms with Crippen LogP contribution in [0.1, 0.15) is 19.3 Å². The van der Waals surface area contributed by atoms with Crippen LogP contribution in [0.2, 0.25) is 0 Å². The zero-order chi connectivity index (χ0) is 15.9. The molecule has 1 aromatic carbocycles. The van der Waals surface area contributed by atoms with E-state index in [1.54, 1.807) is 7.11 Å². The van der Waals surface area contributed by atoms with Gasteiger partial charge in [0.1, 0.15) is 11.5 Å². The highest BCUT2D eigenvalue weighted by Gasteiger charge is 2.30. The predicted octanol–water partition coefficient (Wildman–Crippen LogP) is 2.55. The molecule has 0 unspecified atom stereocenters. The van der Waals surface area contributed by atoms with Crippen LogP contribution in [-0.2, 0) is 9.47 Å². The molecule has 2 aliphatic heterocycles. The smallest absolute Gasteiger partial charge is 0.160 e. The lowest BCUT2D eigenvalue weighted by Gasteiger charge is -2.33. The molecule has 0 atom stereocenters. The summed E-state index contributed by atoms with van der Waals surface area (Å²) >= 11 is 0. The zero-order valence-electron chi connectivity index (χ0n) is 13.9. The van der Waals surface area contributed by atoms with Crippen molar-refractivity contribution in [3.8, 4) is 11.5 Å². The van der Waals surface area contributed by atoms with Crippen molar-refractivity contribution in [3.63, 3.8) is 0 Å². The lowest BCUT2D eigenvalue weighted by molar-refractivity contribution is -0.0974. The number of benzene rings is 1. The maximum atomic E-state index is 5.78. The van der Waals surface area contributed by atoms with E-state index in [4.69, 9.17) is 18.9 Å². The molecule has 0 radical (unpaired) electrons. The molecule has 128 valence electrons. The van der Waals surface area contributed by atoms with Gasteiger partial charge in [-0.05, 0) is 56.6 Å². The van der Waals surface area contributed by atoms with Gasteiger partial charge in [-0.3, -0.25) is 0 Å². The van der Waals surface area contributed by atoms with Gasteiger partial charge in [-0.25, -0.2) is 0 Å². The van der Waals surface area contributed by atoms with E-state index in [9.17, 15) is 0 Å². The number of methoxy groups -OCH3 is 1. The second-order valence-electron chi connectivity index (χ2n) is 6.17. The maximum absolute atomic E-state index is 5.78. The third kappa shape index (κ3) is 4.83. The molecule has 0 aliphatic carbocycles. The van der Waals surface area contributed by atoms with Crippen molar-refractivity contribution in [3.05, 3.63) is 24.3 Å². The van der Waals surface area contributed by atoms with Gasteiger partial charge in [-0.2, -0.15) is 0 Å². The molecule has 23 heavy (non-hydrogen) atoms. The first-order valence-corrected chi connectivity index (χ1v) is 8.57. The Morgan fingerprint density at radius 2 is 1.70 bits per heavy atom. The SMILES string of the molecule is COc1ccc(OCCCN2CCC(C3OCCO3)CC2)cc1. The molecule has 0 N–H and O–H groups in total. The molecular formula is C18H27NO4. The van der Waals surface area contributed by atoms with Gasteiger partial charge in [-0.15, -0.1) is 0 Å². The maximum Gasteiger partial charge on any atom is 0.160 e. The van der Waals surface area contributed by atoms with Gasteiger partial charge in [0.05, 0.1) is 26.9 Å². The lowest BCUT2D eigenvalue weighted by atomic mass is 9.96. The molecule has 2 aliphatic rings. The molecular weight excluding hydrogens is 294 g/mol. The van der Waals surface area contributed by atoms with E-state index in [1.165, 1.54) is 12.8 Å². The van der Waals surface area contributed by atoms with Crippen LogP contribution in [-0.4, -0.2) is 57.8 Å². The zero-order valence-corrected chi connectivity index (χ0v) is 13.9. The summed E-state index contributed by atoms with van der Waals surface area (Å²) in [7, 11) is 1.67. The van der Waals surface area contributed by atoms with Gasteiger partial charge < -0.3 is 23.8 Å². The van der Waals surface area contributed by atoms with E-state index < -0.39 is 0 Å². The quantitative estimate of drug-likeness (QED) is 0.722. The van der Waals surface area contributed by atoms with E-state index in [-0.39, 0.29) is 6.29 Å². The van der Waals surface area contributed by atoms with Crippen molar-refractivity contribution >= 4 is 0 Å². The largest absolute Gasteiger partial charge is 0.497 e.